The highest BCUT2D eigenvalue weighted by molar-refractivity contribution is 6.42. The average molecular weight is 468 g/mol. The molecule has 0 radical (unpaired) electrons. The lowest BCUT2D eigenvalue weighted by Gasteiger charge is -2.10. The van der Waals surface area contributed by atoms with E-state index in [9.17, 15) is 0 Å². The highest BCUT2D eigenvalue weighted by Gasteiger charge is 2.16. The van der Waals surface area contributed by atoms with Gasteiger partial charge in [0.1, 0.15) is 11.4 Å². The summed E-state index contributed by atoms with van der Waals surface area (Å²) >= 11 is 12.2. The molecule has 0 amide bonds. The summed E-state index contributed by atoms with van der Waals surface area (Å²) in [5, 5.41) is 22.0. The zero-order chi connectivity index (χ0) is 22.4. The summed E-state index contributed by atoms with van der Waals surface area (Å²) in [5.74, 6) is 0. The minimum Gasteiger partial charge on any atom is -0.276 e. The first-order valence-electron chi connectivity index (χ1n) is 10.3. The van der Waals surface area contributed by atoms with Crippen LogP contribution in [0.5, 0.6) is 0 Å². The van der Waals surface area contributed by atoms with Crippen LogP contribution in [0.4, 0.5) is 0 Å². The Kier molecular flexibility index (Phi) is 4.79. The number of nitrogens with one attached hydrogen (secondary N) is 1. The van der Waals surface area contributed by atoms with Gasteiger partial charge >= 0.3 is 0 Å². The summed E-state index contributed by atoms with van der Waals surface area (Å²) in [7, 11) is 0. The van der Waals surface area contributed by atoms with E-state index in [4.69, 9.17) is 23.2 Å². The molecule has 0 saturated carbocycles. The number of benzene rings is 3. The molecule has 0 fully saturated rings. The summed E-state index contributed by atoms with van der Waals surface area (Å²) in [4.78, 5) is 4.24. The van der Waals surface area contributed by atoms with Gasteiger partial charge in [-0.3, -0.25) is 10.1 Å². The van der Waals surface area contributed by atoms with Gasteiger partial charge in [0.05, 0.1) is 21.4 Å². The third kappa shape index (κ3) is 3.42. The zero-order valence-corrected chi connectivity index (χ0v) is 18.6. The molecule has 0 spiro atoms. The lowest BCUT2D eigenvalue weighted by Crippen LogP contribution is -1.95. The van der Waals surface area contributed by atoms with Gasteiger partial charge in [-0.25, -0.2) is 0 Å². The van der Waals surface area contributed by atoms with Gasteiger partial charge in [0.15, 0.2) is 0 Å². The molecule has 6 rings (SSSR count). The topological polar surface area (TPSA) is 67.3 Å². The van der Waals surface area contributed by atoms with E-state index in [1.165, 1.54) is 0 Å². The number of aromatic amines is 1. The van der Waals surface area contributed by atoms with E-state index < -0.39 is 0 Å². The Morgan fingerprint density at radius 3 is 2.36 bits per heavy atom. The molecule has 0 saturated heterocycles. The zero-order valence-electron chi connectivity index (χ0n) is 17.1. The molecule has 0 aliphatic heterocycles. The number of hydrogen-bond acceptors (Lipinski definition) is 4. The van der Waals surface area contributed by atoms with Crippen LogP contribution in [-0.4, -0.2) is 25.4 Å². The molecular weight excluding hydrogens is 453 g/mol. The standard InChI is InChI=1S/C26H15Cl2N5/c27-21-9-8-15(12-22(21)28)23-13-24(31-30-23)26-20-6-2-1-5-19(20)25(32-33-26)18-7-3-4-16-14-29-11-10-17(16)18/h1-14H,(H,30,31). The number of aromatic nitrogens is 5. The fourth-order valence-electron chi connectivity index (χ4n) is 4.08. The van der Waals surface area contributed by atoms with Crippen molar-refractivity contribution in [3.63, 3.8) is 0 Å². The minimum absolute atomic E-state index is 0.485. The summed E-state index contributed by atoms with van der Waals surface area (Å²) in [6.45, 7) is 0. The summed E-state index contributed by atoms with van der Waals surface area (Å²) < 4.78 is 0. The molecule has 0 bridgehead atoms. The molecule has 5 nitrogen and oxygen atoms in total. The second kappa shape index (κ2) is 7.96. The van der Waals surface area contributed by atoms with Crippen molar-refractivity contribution in [1.82, 2.24) is 25.4 Å². The average Bonchev–Trinajstić information content (AvgIpc) is 3.35. The number of halogens is 2. The van der Waals surface area contributed by atoms with Crippen LogP contribution < -0.4 is 0 Å². The van der Waals surface area contributed by atoms with Gasteiger partial charge in [-0.1, -0.05) is 71.7 Å². The van der Waals surface area contributed by atoms with Gasteiger partial charge in [0, 0.05) is 39.7 Å². The normalized spacial score (nSPS) is 11.3. The number of hydrogen-bond donors (Lipinski definition) is 1. The number of rotatable bonds is 3. The fraction of sp³-hybridized carbons (Fsp3) is 0. The maximum atomic E-state index is 6.19. The fourth-order valence-corrected chi connectivity index (χ4v) is 4.38. The van der Waals surface area contributed by atoms with Crippen molar-refractivity contribution in [3.05, 3.63) is 95.2 Å². The molecule has 0 unspecified atom stereocenters. The van der Waals surface area contributed by atoms with Crippen molar-refractivity contribution in [2.24, 2.45) is 0 Å². The molecule has 0 atom stereocenters. The predicted molar refractivity (Wildman–Crippen MR) is 133 cm³/mol. The van der Waals surface area contributed by atoms with Crippen LogP contribution in [0.3, 0.4) is 0 Å². The second-order valence-corrected chi connectivity index (χ2v) is 8.46. The van der Waals surface area contributed by atoms with Crippen molar-refractivity contribution in [2.45, 2.75) is 0 Å². The predicted octanol–water partition coefficient (Wildman–Crippen LogP) is 7.21. The van der Waals surface area contributed by atoms with Gasteiger partial charge in [0.25, 0.3) is 0 Å². The van der Waals surface area contributed by atoms with Gasteiger partial charge in [-0.2, -0.15) is 5.10 Å². The van der Waals surface area contributed by atoms with E-state index in [0.717, 1.165) is 55.4 Å². The lowest BCUT2D eigenvalue weighted by atomic mass is 9.98. The van der Waals surface area contributed by atoms with E-state index in [1.54, 1.807) is 18.3 Å². The Balaban J connectivity index is 1.51. The van der Waals surface area contributed by atoms with Gasteiger partial charge in [-0.05, 0) is 29.7 Å². The van der Waals surface area contributed by atoms with Crippen LogP contribution in [0, 0.1) is 0 Å². The van der Waals surface area contributed by atoms with Crippen molar-refractivity contribution in [1.29, 1.82) is 0 Å². The van der Waals surface area contributed by atoms with Crippen LogP contribution in [0.25, 0.3) is 55.4 Å². The molecule has 1 N–H and O–H groups in total. The van der Waals surface area contributed by atoms with E-state index in [1.807, 2.05) is 48.7 Å². The van der Waals surface area contributed by atoms with E-state index in [0.29, 0.717) is 10.0 Å². The molecular formula is C26H15Cl2N5. The molecule has 3 aromatic carbocycles. The molecule has 33 heavy (non-hydrogen) atoms. The van der Waals surface area contributed by atoms with Crippen LogP contribution in [-0.2, 0) is 0 Å². The van der Waals surface area contributed by atoms with Gasteiger partial charge in [0.2, 0.25) is 0 Å². The molecule has 6 aromatic rings. The summed E-state index contributed by atoms with van der Waals surface area (Å²) in [5.41, 5.74) is 4.97. The van der Waals surface area contributed by atoms with Crippen LogP contribution >= 0.6 is 23.2 Å². The van der Waals surface area contributed by atoms with Gasteiger partial charge < -0.3 is 0 Å². The van der Waals surface area contributed by atoms with Crippen molar-refractivity contribution in [2.75, 3.05) is 0 Å². The smallest absolute Gasteiger partial charge is 0.119 e. The van der Waals surface area contributed by atoms with Crippen molar-refractivity contribution in [3.8, 4) is 33.9 Å². The van der Waals surface area contributed by atoms with E-state index in [-0.39, 0.29) is 0 Å². The summed E-state index contributed by atoms with van der Waals surface area (Å²) in [6.07, 6.45) is 3.66. The molecule has 7 heteroatoms. The highest BCUT2D eigenvalue weighted by atomic mass is 35.5. The lowest BCUT2D eigenvalue weighted by molar-refractivity contribution is 1.04. The SMILES string of the molecule is Clc1ccc(-c2cc(-c3nnc(-c4cccc5cnccc45)c4ccccc34)[nH]n2)cc1Cl. The molecule has 0 aliphatic carbocycles. The maximum absolute atomic E-state index is 6.19. The Morgan fingerprint density at radius 1 is 0.697 bits per heavy atom. The number of fused-ring (bicyclic) bond motifs is 2. The Bertz CT molecular complexity index is 1650. The molecule has 158 valence electrons. The Morgan fingerprint density at radius 2 is 1.52 bits per heavy atom. The van der Waals surface area contributed by atoms with Crippen molar-refractivity contribution < 1.29 is 0 Å². The minimum atomic E-state index is 0.485. The highest BCUT2D eigenvalue weighted by Crippen LogP contribution is 2.36. The first kappa shape index (κ1) is 19.9. The number of nitrogens with zero attached hydrogens (tertiary/aromatic N) is 4. The Hall–Kier alpha value is -3.80. The molecule has 3 heterocycles. The van der Waals surface area contributed by atoms with Crippen LogP contribution in [0.15, 0.2) is 85.2 Å². The van der Waals surface area contributed by atoms with Crippen LogP contribution in [0.2, 0.25) is 10.0 Å². The monoisotopic (exact) mass is 467 g/mol. The first-order chi connectivity index (χ1) is 16.2. The molecule has 3 aromatic heterocycles. The Labute approximate surface area is 199 Å². The summed E-state index contributed by atoms with van der Waals surface area (Å²) in [6, 6.07) is 23.7. The second-order valence-electron chi connectivity index (χ2n) is 7.64. The quantitative estimate of drug-likeness (QED) is 0.298. The largest absolute Gasteiger partial charge is 0.276 e. The van der Waals surface area contributed by atoms with E-state index in [2.05, 4.69) is 43.6 Å². The van der Waals surface area contributed by atoms with Gasteiger partial charge in [-0.15, -0.1) is 10.2 Å². The first-order valence-corrected chi connectivity index (χ1v) is 11.0. The van der Waals surface area contributed by atoms with E-state index >= 15 is 0 Å². The van der Waals surface area contributed by atoms with Crippen LogP contribution in [0.1, 0.15) is 0 Å². The third-order valence-electron chi connectivity index (χ3n) is 5.67. The number of H-pyrrole nitrogens is 1. The van der Waals surface area contributed by atoms with Crippen molar-refractivity contribution >= 4 is 44.7 Å². The molecule has 0 aliphatic rings. The third-order valence-corrected chi connectivity index (χ3v) is 6.41. The number of pyridine rings is 1. The maximum Gasteiger partial charge on any atom is 0.119 e.